The van der Waals surface area contributed by atoms with Gasteiger partial charge in [-0.05, 0) is 64.2 Å². The summed E-state index contributed by atoms with van der Waals surface area (Å²) in [6.45, 7) is 12.3. The molecule has 4 heterocycles. The fourth-order valence-corrected chi connectivity index (χ4v) is 4.61. The van der Waals surface area contributed by atoms with E-state index in [0.717, 1.165) is 74.9 Å². The number of aryl methyl sites for hydroxylation is 1. The molecule has 0 aliphatic carbocycles. The molecule has 2 saturated heterocycles. The van der Waals surface area contributed by atoms with Gasteiger partial charge in [0.05, 0.1) is 25.4 Å². The molecular formula is C20H31ClN6O2. The van der Waals surface area contributed by atoms with E-state index in [2.05, 4.69) is 31.3 Å². The molecule has 2 aliphatic rings. The first-order chi connectivity index (χ1) is 13.9. The maximum atomic E-state index is 10.3. The monoisotopic (exact) mass is 422 g/mol. The van der Waals surface area contributed by atoms with Gasteiger partial charge in [-0.25, -0.2) is 4.98 Å². The number of imidazole rings is 1. The van der Waals surface area contributed by atoms with E-state index >= 15 is 0 Å². The molecule has 0 unspecified atom stereocenters. The molecule has 0 spiro atoms. The number of hydrogen-bond donors (Lipinski definition) is 1. The van der Waals surface area contributed by atoms with Gasteiger partial charge in [0.15, 0.2) is 17.0 Å². The Hall–Kier alpha value is -1.48. The van der Waals surface area contributed by atoms with Crippen LogP contribution in [-0.4, -0.2) is 74.5 Å². The second-order valence-corrected chi connectivity index (χ2v) is 8.90. The van der Waals surface area contributed by atoms with Crippen molar-refractivity contribution in [3.63, 3.8) is 0 Å². The van der Waals surface area contributed by atoms with Gasteiger partial charge in [-0.3, -0.25) is 4.90 Å². The van der Waals surface area contributed by atoms with Crippen LogP contribution >= 0.6 is 11.6 Å². The largest absolute Gasteiger partial charge is 0.390 e. The van der Waals surface area contributed by atoms with Crippen LogP contribution in [0.25, 0.3) is 11.2 Å². The normalized spacial score (nSPS) is 20.0. The molecule has 9 heteroatoms. The molecule has 2 fully saturated rings. The number of hydrogen-bond acceptors (Lipinski definition) is 7. The molecule has 2 aromatic heterocycles. The fraction of sp³-hybridized carbons (Fsp3) is 0.750. The first-order valence-electron chi connectivity index (χ1n) is 10.6. The van der Waals surface area contributed by atoms with Gasteiger partial charge in [0, 0.05) is 19.6 Å². The maximum Gasteiger partial charge on any atom is 0.226 e. The van der Waals surface area contributed by atoms with Crippen molar-refractivity contribution >= 4 is 28.6 Å². The number of nitrogens with zero attached hydrogens (tertiary/aromatic N) is 6. The van der Waals surface area contributed by atoms with Gasteiger partial charge in [-0.1, -0.05) is 0 Å². The van der Waals surface area contributed by atoms with Crippen molar-refractivity contribution in [2.45, 2.75) is 52.3 Å². The topological polar surface area (TPSA) is 79.5 Å². The Morgan fingerprint density at radius 2 is 1.79 bits per heavy atom. The number of anilines is 1. The molecule has 0 radical (unpaired) electrons. The van der Waals surface area contributed by atoms with Crippen LogP contribution < -0.4 is 4.90 Å². The zero-order valence-electron chi connectivity index (χ0n) is 17.6. The number of likely N-dealkylation sites (tertiary alicyclic amines) is 1. The molecule has 0 amide bonds. The summed E-state index contributed by atoms with van der Waals surface area (Å²) in [5.41, 5.74) is 1.01. The predicted molar refractivity (Wildman–Crippen MR) is 113 cm³/mol. The van der Waals surface area contributed by atoms with E-state index in [1.54, 1.807) is 0 Å². The van der Waals surface area contributed by atoms with Gasteiger partial charge in [-0.2, -0.15) is 9.97 Å². The highest BCUT2D eigenvalue weighted by Gasteiger charge is 2.31. The first-order valence-corrected chi connectivity index (χ1v) is 10.9. The molecule has 8 nitrogen and oxygen atoms in total. The van der Waals surface area contributed by atoms with Crippen LogP contribution in [0.3, 0.4) is 0 Å². The van der Waals surface area contributed by atoms with Gasteiger partial charge in [0.2, 0.25) is 5.28 Å². The standard InChI is InChI=1S/C20H31ClN6O2/c1-4-27-15(13-25-7-5-14(6-8-25)20(2,3)28)22-16-17(23-19(21)24-18(16)27)26-9-11-29-12-10-26/h14,28H,4-13H2,1-3H3. The molecule has 2 aliphatic heterocycles. The lowest BCUT2D eigenvalue weighted by molar-refractivity contribution is -0.0140. The second-order valence-electron chi connectivity index (χ2n) is 8.56. The summed E-state index contributed by atoms with van der Waals surface area (Å²) < 4.78 is 7.63. The third-order valence-electron chi connectivity index (χ3n) is 6.21. The third-order valence-corrected chi connectivity index (χ3v) is 6.38. The lowest BCUT2D eigenvalue weighted by atomic mass is 9.83. The molecule has 0 saturated carbocycles. The van der Waals surface area contributed by atoms with Crippen molar-refractivity contribution < 1.29 is 9.84 Å². The van der Waals surface area contributed by atoms with Crippen LogP contribution in [0.1, 0.15) is 39.4 Å². The zero-order chi connectivity index (χ0) is 20.6. The van der Waals surface area contributed by atoms with E-state index in [9.17, 15) is 5.11 Å². The van der Waals surface area contributed by atoms with E-state index in [-0.39, 0.29) is 5.28 Å². The number of ether oxygens (including phenoxy) is 1. The minimum atomic E-state index is -0.609. The van der Waals surface area contributed by atoms with Gasteiger partial charge in [0.1, 0.15) is 5.82 Å². The minimum absolute atomic E-state index is 0.256. The van der Waals surface area contributed by atoms with Crippen molar-refractivity contribution in [2.75, 3.05) is 44.3 Å². The van der Waals surface area contributed by atoms with Gasteiger partial charge in [-0.15, -0.1) is 0 Å². The number of aliphatic hydroxyl groups is 1. The summed E-state index contributed by atoms with van der Waals surface area (Å²) in [7, 11) is 0. The van der Waals surface area contributed by atoms with Crippen molar-refractivity contribution in [3.8, 4) is 0 Å². The average molecular weight is 423 g/mol. The number of morpholine rings is 1. The van der Waals surface area contributed by atoms with E-state index in [0.29, 0.717) is 19.1 Å². The quantitative estimate of drug-likeness (QED) is 0.740. The Morgan fingerprint density at radius 3 is 2.41 bits per heavy atom. The van der Waals surface area contributed by atoms with Crippen molar-refractivity contribution in [3.05, 3.63) is 11.1 Å². The summed E-state index contributed by atoms with van der Waals surface area (Å²) in [6, 6.07) is 0. The van der Waals surface area contributed by atoms with E-state index < -0.39 is 5.60 Å². The van der Waals surface area contributed by atoms with Crippen LogP contribution in [0.2, 0.25) is 5.28 Å². The van der Waals surface area contributed by atoms with Crippen molar-refractivity contribution in [2.24, 2.45) is 5.92 Å². The summed E-state index contributed by atoms with van der Waals surface area (Å²) in [5.74, 6) is 2.15. The van der Waals surface area contributed by atoms with Crippen molar-refractivity contribution in [1.82, 2.24) is 24.4 Å². The Morgan fingerprint density at radius 1 is 1.10 bits per heavy atom. The van der Waals surface area contributed by atoms with E-state index in [1.807, 2.05) is 13.8 Å². The highest BCUT2D eigenvalue weighted by Crippen LogP contribution is 2.30. The smallest absolute Gasteiger partial charge is 0.226 e. The Balaban J connectivity index is 1.60. The Kier molecular flexibility index (Phi) is 5.97. The average Bonchev–Trinajstić information content (AvgIpc) is 3.04. The summed E-state index contributed by atoms with van der Waals surface area (Å²) >= 11 is 6.28. The van der Waals surface area contributed by atoms with Gasteiger partial charge < -0.3 is 19.3 Å². The zero-order valence-corrected chi connectivity index (χ0v) is 18.3. The molecule has 1 N–H and O–H groups in total. The van der Waals surface area contributed by atoms with E-state index in [4.69, 9.17) is 21.3 Å². The van der Waals surface area contributed by atoms with Crippen molar-refractivity contribution in [1.29, 1.82) is 0 Å². The van der Waals surface area contributed by atoms with Gasteiger partial charge in [0.25, 0.3) is 0 Å². The number of piperidine rings is 1. The van der Waals surface area contributed by atoms with E-state index in [1.165, 1.54) is 0 Å². The molecular weight excluding hydrogens is 392 g/mol. The molecule has 29 heavy (non-hydrogen) atoms. The minimum Gasteiger partial charge on any atom is -0.390 e. The van der Waals surface area contributed by atoms with Crippen LogP contribution in [-0.2, 0) is 17.8 Å². The SMILES string of the molecule is CCn1c(CN2CCC(C(C)(C)O)CC2)nc2c(N3CCOCC3)nc(Cl)nc21. The summed E-state index contributed by atoms with van der Waals surface area (Å²) in [4.78, 5) is 18.6. The summed E-state index contributed by atoms with van der Waals surface area (Å²) in [6.07, 6.45) is 2.00. The van der Waals surface area contributed by atoms with Crippen LogP contribution in [0.5, 0.6) is 0 Å². The van der Waals surface area contributed by atoms with Crippen LogP contribution in [0.15, 0.2) is 0 Å². The molecule has 0 bridgehead atoms. The summed E-state index contributed by atoms with van der Waals surface area (Å²) in [5, 5.41) is 10.6. The number of fused-ring (bicyclic) bond motifs is 1. The third kappa shape index (κ3) is 4.35. The Labute approximate surface area is 176 Å². The lowest BCUT2D eigenvalue weighted by Crippen LogP contribution is -2.41. The number of aromatic nitrogens is 4. The number of rotatable bonds is 5. The molecule has 2 aromatic rings. The molecule has 0 atom stereocenters. The fourth-order valence-electron chi connectivity index (χ4n) is 4.45. The predicted octanol–water partition coefficient (Wildman–Crippen LogP) is 2.32. The highest BCUT2D eigenvalue weighted by molar-refractivity contribution is 6.28. The molecule has 0 aromatic carbocycles. The van der Waals surface area contributed by atoms with Gasteiger partial charge >= 0.3 is 0 Å². The number of halogens is 1. The Bertz CT molecular complexity index is 851. The first kappa shape index (κ1) is 20.8. The van der Waals surface area contributed by atoms with Crippen LogP contribution in [0.4, 0.5) is 5.82 Å². The lowest BCUT2D eigenvalue weighted by Gasteiger charge is -2.37. The van der Waals surface area contributed by atoms with Crippen LogP contribution in [0, 0.1) is 5.92 Å². The maximum absolute atomic E-state index is 10.3. The second kappa shape index (κ2) is 8.34. The highest BCUT2D eigenvalue weighted by atomic mass is 35.5. The molecule has 160 valence electrons. The molecule has 4 rings (SSSR count).